The van der Waals surface area contributed by atoms with Crippen LogP contribution >= 0.6 is 15.9 Å². The smallest absolute Gasteiger partial charge is 0.231 e. The van der Waals surface area contributed by atoms with E-state index in [0.717, 1.165) is 38.4 Å². The summed E-state index contributed by atoms with van der Waals surface area (Å²) in [5.41, 5.74) is 3.58. The third-order valence-corrected chi connectivity index (χ3v) is 6.56. The van der Waals surface area contributed by atoms with Gasteiger partial charge in [-0.15, -0.1) is 0 Å². The van der Waals surface area contributed by atoms with Crippen molar-refractivity contribution in [1.29, 1.82) is 0 Å². The lowest BCUT2D eigenvalue weighted by molar-refractivity contribution is 0.174. The quantitative estimate of drug-likeness (QED) is 0.442. The molecule has 0 fully saturated rings. The van der Waals surface area contributed by atoms with Gasteiger partial charge in [0.2, 0.25) is 6.79 Å². The first-order chi connectivity index (χ1) is 16.6. The summed E-state index contributed by atoms with van der Waals surface area (Å²) in [4.78, 5) is 5.04. The monoisotopic (exact) mass is 524 g/mol. The summed E-state index contributed by atoms with van der Waals surface area (Å²) in [6.45, 7) is 2.59. The highest BCUT2D eigenvalue weighted by Crippen LogP contribution is 2.41. The number of nitrogens with one attached hydrogen (secondary N) is 1. The molecule has 2 N–H and O–H groups in total. The molecule has 0 saturated carbocycles. The van der Waals surface area contributed by atoms with E-state index in [1.165, 1.54) is 0 Å². The average molecular weight is 525 g/mol. The van der Waals surface area contributed by atoms with Gasteiger partial charge in [0.05, 0.1) is 18.2 Å². The molecule has 34 heavy (non-hydrogen) atoms. The molecule has 2 aliphatic rings. The Balaban J connectivity index is 1.56. The molecule has 2 atom stereocenters. The Morgan fingerprint density at radius 1 is 1.09 bits per heavy atom. The molecule has 176 valence electrons. The van der Waals surface area contributed by atoms with Gasteiger partial charge in [-0.1, -0.05) is 18.2 Å². The zero-order chi connectivity index (χ0) is 23.7. The van der Waals surface area contributed by atoms with Crippen molar-refractivity contribution in [3.8, 4) is 28.7 Å². The number of halogens is 1. The highest BCUT2D eigenvalue weighted by atomic mass is 79.9. The number of aromatic hydroxyl groups is 1. The Morgan fingerprint density at radius 2 is 1.94 bits per heavy atom. The van der Waals surface area contributed by atoms with E-state index in [9.17, 15) is 5.11 Å². The molecule has 0 aliphatic carbocycles. The molecule has 0 saturated heterocycles. The zero-order valence-corrected chi connectivity index (χ0v) is 20.5. The van der Waals surface area contributed by atoms with E-state index in [0.29, 0.717) is 24.5 Å². The largest absolute Gasteiger partial charge is 0.504 e. The van der Waals surface area contributed by atoms with Gasteiger partial charge in [0, 0.05) is 23.7 Å². The Kier molecular flexibility index (Phi) is 6.34. The Hall–Kier alpha value is -3.23. The van der Waals surface area contributed by atoms with Crippen LogP contribution in [0.5, 0.6) is 28.7 Å². The second kappa shape index (κ2) is 9.56. The van der Waals surface area contributed by atoms with Crippen LogP contribution in [0.2, 0.25) is 0 Å². The predicted molar refractivity (Wildman–Crippen MR) is 132 cm³/mol. The summed E-state index contributed by atoms with van der Waals surface area (Å²) in [7, 11) is 1.64. The van der Waals surface area contributed by atoms with Gasteiger partial charge in [-0.2, -0.15) is 0 Å². The topological polar surface area (TPSA) is 81.5 Å². The molecule has 0 bridgehead atoms. The number of rotatable bonds is 6. The summed E-state index contributed by atoms with van der Waals surface area (Å²) in [5, 5.41) is 14.6. The highest BCUT2D eigenvalue weighted by molar-refractivity contribution is 9.10. The summed E-state index contributed by atoms with van der Waals surface area (Å²) in [6.07, 6.45) is 0.243. The van der Waals surface area contributed by atoms with Gasteiger partial charge >= 0.3 is 0 Å². The number of nitrogens with zero attached hydrogens (tertiary/aromatic N) is 1. The van der Waals surface area contributed by atoms with E-state index >= 15 is 0 Å². The lowest BCUT2D eigenvalue weighted by Crippen LogP contribution is -2.33. The van der Waals surface area contributed by atoms with Crippen molar-refractivity contribution < 1.29 is 24.1 Å². The van der Waals surface area contributed by atoms with Crippen LogP contribution in [-0.2, 0) is 0 Å². The lowest BCUT2D eigenvalue weighted by atomic mass is 9.93. The van der Waals surface area contributed by atoms with Gasteiger partial charge in [-0.25, -0.2) is 0 Å². The van der Waals surface area contributed by atoms with Crippen LogP contribution in [0.3, 0.4) is 0 Å². The molecule has 0 unspecified atom stereocenters. The maximum absolute atomic E-state index is 11.0. The molecular formula is C26H25BrN2O5. The number of para-hydroxylation sites is 1. The minimum absolute atomic E-state index is 0.142. The number of phenols is 1. The fraction of sp³-hybridized carbons (Fsp3) is 0.269. The summed E-state index contributed by atoms with van der Waals surface area (Å²) in [6, 6.07) is 17.1. The van der Waals surface area contributed by atoms with Crippen molar-refractivity contribution in [3.05, 3.63) is 75.8 Å². The first-order valence-corrected chi connectivity index (χ1v) is 11.9. The number of benzene rings is 3. The molecule has 2 aliphatic heterocycles. The summed E-state index contributed by atoms with van der Waals surface area (Å²) >= 11 is 3.58. The second-order valence-electron chi connectivity index (χ2n) is 7.99. The van der Waals surface area contributed by atoms with Crippen LogP contribution in [0.15, 0.2) is 64.1 Å². The molecule has 8 heteroatoms. The van der Waals surface area contributed by atoms with Gasteiger partial charge in [-0.3, -0.25) is 10.3 Å². The highest BCUT2D eigenvalue weighted by Gasteiger charge is 2.29. The van der Waals surface area contributed by atoms with Crippen LogP contribution in [0.4, 0.5) is 0 Å². The molecule has 5 rings (SSSR count). The normalized spacial score (nSPS) is 19.0. The molecule has 2 heterocycles. The standard InChI is InChI=1S/C26H25BrN2O5/c1-3-32-23-6-4-5-17(25(23)30)20-13-19(15-7-10-22-24(12-15)34-14-33-22)28-26(29-20)16-8-9-21(31-2)18(27)11-16/h4-12,20,26,29-30H,3,13-14H2,1-2H3/t20-,26+/m1/s1. The van der Waals surface area contributed by atoms with E-state index in [-0.39, 0.29) is 24.8 Å². The van der Waals surface area contributed by atoms with Crippen LogP contribution in [0.1, 0.15) is 42.2 Å². The van der Waals surface area contributed by atoms with E-state index in [2.05, 4.69) is 21.2 Å². The minimum atomic E-state index is -0.337. The maximum atomic E-state index is 11.0. The second-order valence-corrected chi connectivity index (χ2v) is 8.85. The van der Waals surface area contributed by atoms with Gasteiger partial charge < -0.3 is 24.1 Å². The van der Waals surface area contributed by atoms with E-state index in [1.807, 2.05) is 55.5 Å². The Bertz CT molecular complexity index is 1250. The number of hydrogen-bond acceptors (Lipinski definition) is 7. The SMILES string of the molecule is CCOc1cccc([C@H]2CC(c3ccc4c(c3)OCO4)=N[C@H](c3ccc(OC)c(Br)c3)N2)c1O. The number of phenolic OH excluding ortho intramolecular Hbond substituents is 1. The maximum Gasteiger partial charge on any atom is 0.231 e. The minimum Gasteiger partial charge on any atom is -0.504 e. The van der Waals surface area contributed by atoms with Gasteiger partial charge in [0.25, 0.3) is 0 Å². The summed E-state index contributed by atoms with van der Waals surface area (Å²) in [5.74, 6) is 2.80. The van der Waals surface area contributed by atoms with Crippen LogP contribution in [0, 0.1) is 0 Å². The lowest BCUT2D eigenvalue weighted by Gasteiger charge is -2.31. The Morgan fingerprint density at radius 3 is 2.74 bits per heavy atom. The molecule has 3 aromatic rings. The number of methoxy groups -OCH3 is 1. The first-order valence-electron chi connectivity index (χ1n) is 11.1. The first kappa shape index (κ1) is 22.6. The van der Waals surface area contributed by atoms with Gasteiger partial charge in [0.1, 0.15) is 11.9 Å². The third-order valence-electron chi connectivity index (χ3n) is 5.94. The molecule has 0 radical (unpaired) electrons. The fourth-order valence-electron chi connectivity index (χ4n) is 4.27. The fourth-order valence-corrected chi connectivity index (χ4v) is 4.83. The zero-order valence-electron chi connectivity index (χ0n) is 18.9. The predicted octanol–water partition coefficient (Wildman–Crippen LogP) is 5.51. The van der Waals surface area contributed by atoms with Crippen LogP contribution < -0.4 is 24.3 Å². The number of aliphatic imine (C=N–C) groups is 1. The number of fused-ring (bicyclic) bond motifs is 1. The van der Waals surface area contributed by atoms with E-state index in [4.69, 9.17) is 23.9 Å². The summed E-state index contributed by atoms with van der Waals surface area (Å²) < 4.78 is 22.9. The van der Waals surface area contributed by atoms with Crippen molar-refractivity contribution in [2.75, 3.05) is 20.5 Å². The Labute approximate surface area is 206 Å². The molecule has 7 nitrogen and oxygen atoms in total. The van der Waals surface area contributed by atoms with Gasteiger partial charge in [0.15, 0.2) is 23.0 Å². The number of hydrogen-bond donors (Lipinski definition) is 2. The van der Waals surface area contributed by atoms with Crippen molar-refractivity contribution in [3.63, 3.8) is 0 Å². The van der Waals surface area contributed by atoms with E-state index in [1.54, 1.807) is 13.2 Å². The number of ether oxygens (including phenoxy) is 4. The van der Waals surface area contributed by atoms with Gasteiger partial charge in [-0.05, 0) is 70.4 Å². The third kappa shape index (κ3) is 4.31. The van der Waals surface area contributed by atoms with Crippen molar-refractivity contribution in [2.24, 2.45) is 4.99 Å². The molecule has 0 spiro atoms. The van der Waals surface area contributed by atoms with E-state index < -0.39 is 0 Å². The van der Waals surface area contributed by atoms with Crippen LogP contribution in [0.25, 0.3) is 0 Å². The van der Waals surface area contributed by atoms with Crippen molar-refractivity contribution in [2.45, 2.75) is 25.6 Å². The molecule has 3 aromatic carbocycles. The van der Waals surface area contributed by atoms with Crippen LogP contribution in [-0.4, -0.2) is 31.3 Å². The molecule has 0 amide bonds. The molecular weight excluding hydrogens is 500 g/mol. The van der Waals surface area contributed by atoms with Crippen molar-refractivity contribution >= 4 is 21.6 Å². The average Bonchev–Trinajstić information content (AvgIpc) is 3.33. The molecule has 0 aromatic heterocycles. The van der Waals surface area contributed by atoms with Crippen molar-refractivity contribution in [1.82, 2.24) is 5.32 Å².